The number of fused-ring (bicyclic) bond motifs is 12. The summed E-state index contributed by atoms with van der Waals surface area (Å²) in [5.41, 5.74) is 19.2. The lowest BCUT2D eigenvalue weighted by Gasteiger charge is -2.41. The second-order valence-electron chi connectivity index (χ2n) is 40.9. The number of ether oxygens (including phenoxy) is 1. The highest BCUT2D eigenvalue weighted by Crippen LogP contribution is 2.58. The first kappa shape index (κ1) is 105. The van der Waals surface area contributed by atoms with E-state index in [0.29, 0.717) is 42.3 Å². The molecule has 5 atom stereocenters. The third kappa shape index (κ3) is 23.4. The zero-order chi connectivity index (χ0) is 97.4. The molecule has 5 N–H and O–H groups in total. The smallest absolute Gasteiger partial charge is 0.410 e. The highest BCUT2D eigenvalue weighted by molar-refractivity contribution is 7.91. The molecular weight excluding hydrogens is 1840 g/mol. The number of halogens is 1. The van der Waals surface area contributed by atoms with Gasteiger partial charge in [-0.2, -0.15) is 0 Å². The van der Waals surface area contributed by atoms with Gasteiger partial charge in [-0.15, -0.1) is 12.4 Å². The van der Waals surface area contributed by atoms with Crippen molar-refractivity contribution in [2.24, 2.45) is 0 Å². The number of likely N-dealkylation sites (tertiary alicyclic amines) is 5. The minimum atomic E-state index is -3.19. The van der Waals surface area contributed by atoms with Gasteiger partial charge in [-0.3, -0.25) is 20.6 Å². The first-order chi connectivity index (χ1) is 66.9. The predicted octanol–water partition coefficient (Wildman–Crippen LogP) is 19.3. The number of allylic oxidation sites excluding steroid dienone is 1. The zero-order valence-electron chi connectivity index (χ0n) is 81.6. The number of aliphatic hydroxyl groups excluding tert-OH is 2. The summed E-state index contributed by atoms with van der Waals surface area (Å²) in [6.45, 7) is 12.2. The summed E-state index contributed by atoms with van der Waals surface area (Å²) in [5.74, 6) is 1.21. The Hall–Kier alpha value is -10.7. The van der Waals surface area contributed by atoms with Crippen molar-refractivity contribution in [3.8, 4) is 28.3 Å². The molecule has 12 aliphatic rings. The number of carbonyl (C=O) groups is 2. The molecule has 0 bridgehead atoms. The molecule has 8 heterocycles. The molecule has 6 spiro atoms. The van der Waals surface area contributed by atoms with E-state index >= 15 is 0 Å². The van der Waals surface area contributed by atoms with E-state index in [0.717, 1.165) is 174 Å². The minimum absolute atomic E-state index is 0. The molecule has 23 rings (SSSR count). The van der Waals surface area contributed by atoms with E-state index in [1.54, 1.807) is 53.3 Å². The summed E-state index contributed by atoms with van der Waals surface area (Å²) in [5, 5.41) is 28.2. The Morgan fingerprint density at radius 3 is 1.18 bits per heavy atom. The van der Waals surface area contributed by atoms with E-state index in [9.17, 15) is 45.1 Å². The lowest BCUT2D eigenvalue weighted by Crippen LogP contribution is -2.46. The molecule has 3 amide bonds. The van der Waals surface area contributed by atoms with Crippen LogP contribution in [0.1, 0.15) is 199 Å². The van der Waals surface area contributed by atoms with Crippen LogP contribution < -0.4 is 20.7 Å². The van der Waals surface area contributed by atoms with Gasteiger partial charge in [0.2, 0.25) is 0 Å². The van der Waals surface area contributed by atoms with Gasteiger partial charge in [-0.05, 0) is 293 Å². The average molecular weight is 1990 g/mol. The van der Waals surface area contributed by atoms with Crippen LogP contribution in [0.4, 0.5) is 21.2 Å². The van der Waals surface area contributed by atoms with Crippen molar-refractivity contribution >= 4 is 71.8 Å². The predicted molar refractivity (Wildman–Crippen MR) is 568 cm³/mol. The third-order valence-corrected chi connectivity index (χ3v) is 36.5. The lowest BCUT2D eigenvalue weighted by atomic mass is 9.72. The molecule has 27 heteroatoms. The standard InChI is InChI=1S/C25H26N4O3S.C17H13N3O2.C15H21NO2S.C14H19NO2S.2C14H19NO.C14H17N.CH4.ClH/c1-33(31,32)22-15-25(20-10-6-5-9-19(20)22)11-13-29(14-12-25)24(30)28-23-17-26-21(16-27-23)18-7-3-2-4-8-18;21-17(22-14-9-5-2-6-10-14)20-16-12-18-15(11-19-16)13-7-3-1-4-8-13;1-16-9-7-15(8-10-16)11-14(19(2,17)18)12-5-3-4-6-13(12)15;1-18(16,17)13-10-14(6-8-15-9-7-14)12-5-3-2-4-11(12)13;1-15-8-6-14(7-9-15)10-13(16)11-4-2-3-5-12(11)14;1-15-8-6-14(7-9-15)12-5-3-2-4-11(12)10-13(14)16;1-15-10-8-14(9-11-15)7-6-12-4-2-3-5-13(12)14;;/h2-10,16-17,22H,11-15H2,1H3,(H,27,28,30);1-12H,(H,19,20,21);3-6,14H,7-11H2,1-2H3;2-5,13,15H,6-10H2,1H3;2*2-5,13,16H,6-10H2,1H3;2-7H,8-11H2,1H3;1H4;1H. The van der Waals surface area contributed by atoms with E-state index in [2.05, 4.69) is 181 Å². The monoisotopic (exact) mass is 1980 g/mol. The molecule has 6 fully saturated rings. The molecule has 746 valence electrons. The van der Waals surface area contributed by atoms with Gasteiger partial charge in [0, 0.05) is 64.6 Å². The van der Waals surface area contributed by atoms with Gasteiger partial charge < -0.3 is 44.8 Å². The summed E-state index contributed by atoms with van der Waals surface area (Å²) in [4.78, 5) is 53.1. The third-order valence-electron chi connectivity index (χ3n) is 32.2. The molecule has 6 aliphatic carbocycles. The number of nitrogens with one attached hydrogen (secondary N) is 3. The molecule has 5 unspecified atom stereocenters. The van der Waals surface area contributed by atoms with Crippen molar-refractivity contribution in [1.82, 2.24) is 49.8 Å². The molecule has 0 radical (unpaired) electrons. The minimum Gasteiger partial charge on any atom is -0.410 e. The number of aliphatic hydroxyl groups is 2. The summed E-state index contributed by atoms with van der Waals surface area (Å²) < 4.78 is 78.1. The Morgan fingerprint density at radius 2 is 0.745 bits per heavy atom. The molecule has 6 saturated heterocycles. The van der Waals surface area contributed by atoms with Crippen LogP contribution in [0.3, 0.4) is 0 Å². The lowest BCUT2D eigenvalue weighted by molar-refractivity contribution is 0.0500. The van der Waals surface area contributed by atoms with Crippen LogP contribution in [0, 0.1) is 0 Å². The Balaban J connectivity index is 0.000000126. The Morgan fingerprint density at radius 1 is 0.390 bits per heavy atom. The number of anilines is 2. The van der Waals surface area contributed by atoms with E-state index in [4.69, 9.17) is 4.74 Å². The van der Waals surface area contributed by atoms with Crippen LogP contribution in [0.25, 0.3) is 28.6 Å². The number of para-hydroxylation sites is 1. The van der Waals surface area contributed by atoms with Crippen LogP contribution in [0.2, 0.25) is 0 Å². The number of sulfone groups is 3. The van der Waals surface area contributed by atoms with Crippen LogP contribution in [-0.4, -0.2) is 224 Å². The molecule has 141 heavy (non-hydrogen) atoms. The summed E-state index contributed by atoms with van der Waals surface area (Å²) >= 11 is 0. The number of hydrogen-bond acceptors (Lipinski definition) is 20. The maximum absolute atomic E-state index is 12.8. The number of urea groups is 1. The molecule has 0 saturated carbocycles. The Labute approximate surface area is 841 Å². The Bertz CT molecular complexity index is 6480. The average Bonchev–Trinajstić information content (AvgIpc) is 1.59. The van der Waals surface area contributed by atoms with Crippen LogP contribution >= 0.6 is 12.4 Å². The van der Waals surface area contributed by atoms with Gasteiger partial charge in [0.1, 0.15) is 5.75 Å². The van der Waals surface area contributed by atoms with E-state index in [1.807, 2.05) is 127 Å². The van der Waals surface area contributed by atoms with Crippen molar-refractivity contribution in [3.05, 3.63) is 334 Å². The van der Waals surface area contributed by atoms with Crippen LogP contribution in [0.15, 0.2) is 267 Å². The number of amides is 3. The quantitative estimate of drug-likeness (QED) is 0.0944. The van der Waals surface area contributed by atoms with Gasteiger partial charge in [0.25, 0.3) is 0 Å². The highest BCUT2D eigenvalue weighted by Gasteiger charge is 2.53. The maximum atomic E-state index is 12.8. The molecule has 11 aromatic rings. The molecule has 9 aromatic carbocycles. The first-order valence-corrected chi connectivity index (χ1v) is 55.2. The molecule has 6 aliphatic heterocycles. The topological polar surface area (TPSA) is 290 Å². The maximum Gasteiger partial charge on any atom is 0.418 e. The van der Waals surface area contributed by atoms with E-state index in [-0.39, 0.29) is 75.6 Å². The summed E-state index contributed by atoms with van der Waals surface area (Å²) in [6.07, 6.45) is 30.9. The van der Waals surface area contributed by atoms with Crippen LogP contribution in [-0.2, 0) is 68.4 Å². The van der Waals surface area contributed by atoms with Crippen LogP contribution in [0.5, 0.6) is 5.75 Å². The van der Waals surface area contributed by atoms with Crippen molar-refractivity contribution in [2.45, 2.75) is 177 Å². The largest absolute Gasteiger partial charge is 0.418 e. The van der Waals surface area contributed by atoms with E-state index < -0.39 is 40.9 Å². The van der Waals surface area contributed by atoms with Crippen molar-refractivity contribution < 1.29 is 49.8 Å². The van der Waals surface area contributed by atoms with Gasteiger partial charge in [-0.1, -0.05) is 244 Å². The number of carbonyl (C=O) groups excluding carboxylic acids is 2. The first-order valence-electron chi connectivity index (χ1n) is 49.3. The number of aromatic nitrogens is 4. The van der Waals surface area contributed by atoms with Crippen molar-refractivity contribution in [3.63, 3.8) is 0 Å². The fourth-order valence-corrected chi connectivity index (χ4v) is 27.9. The molecule has 23 nitrogen and oxygen atoms in total. The second-order valence-corrected chi connectivity index (χ2v) is 47.6. The molecular formula is C114H139ClN12O11S3. The number of rotatable bonds is 8. The zero-order valence-corrected chi connectivity index (χ0v) is 84.9. The van der Waals surface area contributed by atoms with Gasteiger partial charge in [0.15, 0.2) is 41.1 Å². The summed E-state index contributed by atoms with van der Waals surface area (Å²) in [6, 6.07) is 78.1. The van der Waals surface area contributed by atoms with Crippen molar-refractivity contribution in [1.29, 1.82) is 0 Å². The molecule has 2 aromatic heterocycles. The number of hydrogen-bond donors (Lipinski definition) is 5. The van der Waals surface area contributed by atoms with E-state index in [1.165, 1.54) is 103 Å². The number of nitrogens with zero attached hydrogens (tertiary/aromatic N) is 9. The highest BCUT2D eigenvalue weighted by atomic mass is 35.5. The Kier molecular flexibility index (Phi) is 33.1. The normalized spacial score (nSPS) is 21.9. The van der Waals surface area contributed by atoms with Gasteiger partial charge in [-0.25, -0.2) is 44.8 Å². The summed E-state index contributed by atoms with van der Waals surface area (Å²) in [7, 11) is -0.512. The van der Waals surface area contributed by atoms with Crippen molar-refractivity contribution in [2.75, 3.05) is 136 Å². The second kappa shape index (κ2) is 44.6. The van der Waals surface area contributed by atoms with Gasteiger partial charge in [0.05, 0.1) is 64.1 Å². The van der Waals surface area contributed by atoms with Gasteiger partial charge >= 0.3 is 12.1 Å². The SMILES string of the molecule is C.CN1CCC2(C=Cc3ccccc32)CC1.CN1CCC2(CC1)CC(O)c1ccccc12.CN1CCC2(CC1)CC(S(C)(=O)=O)c1ccccc12.CN1CCC2(CC1)c1ccccc1CC2O.CS(=O)(=O)C1CC2(CCN(C(=O)Nc3cnc(-c4ccccc4)cn3)CC2)c2ccccc21.CS(=O)(=O)C1CC2(CCNCC2)c2ccccc21.Cl.O=C(Nc1cnc(-c2ccccc2)cn1)Oc1ccccc1. The number of piperidine rings is 6. The fourth-order valence-electron chi connectivity index (χ4n) is 24.0. The fraction of sp³-hybridized carbons (Fsp3) is 0.421. The number of benzene rings is 9.